The molecule has 1 aliphatic rings. The van der Waals surface area contributed by atoms with Gasteiger partial charge in [0.05, 0.1) is 12.5 Å². The Balaban J connectivity index is 1.98. The average Bonchev–Trinajstić information content (AvgIpc) is 3.09. The number of hydrogen-bond acceptors (Lipinski definition) is 4. The summed E-state index contributed by atoms with van der Waals surface area (Å²) in [5.74, 6) is 1.81. The minimum absolute atomic E-state index is 0.358. The normalized spacial score (nSPS) is 14.5. The van der Waals surface area contributed by atoms with Crippen LogP contribution in [0.3, 0.4) is 0 Å². The zero-order valence-electron chi connectivity index (χ0n) is 9.26. The van der Waals surface area contributed by atoms with E-state index in [0.717, 1.165) is 29.8 Å². The molecule has 0 saturated heterocycles. The van der Waals surface area contributed by atoms with Crippen LogP contribution in [0.2, 0.25) is 0 Å². The highest BCUT2D eigenvalue weighted by molar-refractivity contribution is 5.59. The van der Waals surface area contributed by atoms with Crippen molar-refractivity contribution in [3.63, 3.8) is 0 Å². The third-order valence-electron chi connectivity index (χ3n) is 2.90. The van der Waals surface area contributed by atoms with E-state index in [4.69, 9.17) is 9.78 Å². The summed E-state index contributed by atoms with van der Waals surface area (Å²) in [4.78, 5) is 4.40. The SMILES string of the molecule is N#CCc1ccccc1-c1nc(C2CC2)no1. The fraction of sp³-hybridized carbons (Fsp3) is 0.308. The van der Waals surface area contributed by atoms with Crippen LogP contribution in [0.4, 0.5) is 0 Å². The first-order chi connectivity index (χ1) is 8.38. The molecule has 1 aromatic heterocycles. The molecule has 2 aromatic rings. The molecular formula is C13H11N3O. The third kappa shape index (κ3) is 1.92. The van der Waals surface area contributed by atoms with E-state index >= 15 is 0 Å². The van der Waals surface area contributed by atoms with Gasteiger partial charge < -0.3 is 4.52 Å². The van der Waals surface area contributed by atoms with Crippen LogP contribution in [-0.2, 0) is 6.42 Å². The molecule has 84 valence electrons. The summed E-state index contributed by atoms with van der Waals surface area (Å²) < 4.78 is 5.27. The Hall–Kier alpha value is -2.15. The highest BCUT2D eigenvalue weighted by Crippen LogP contribution is 2.39. The molecule has 0 aliphatic heterocycles. The van der Waals surface area contributed by atoms with Gasteiger partial charge in [0.25, 0.3) is 5.89 Å². The number of hydrogen-bond donors (Lipinski definition) is 0. The van der Waals surface area contributed by atoms with Gasteiger partial charge in [-0.05, 0) is 24.5 Å². The Kier molecular flexibility index (Phi) is 2.37. The van der Waals surface area contributed by atoms with Crippen molar-refractivity contribution in [3.8, 4) is 17.5 Å². The lowest BCUT2D eigenvalue weighted by Gasteiger charge is -2.00. The number of nitriles is 1. The van der Waals surface area contributed by atoms with Crippen molar-refractivity contribution >= 4 is 0 Å². The number of rotatable bonds is 3. The van der Waals surface area contributed by atoms with Crippen LogP contribution in [-0.4, -0.2) is 10.1 Å². The van der Waals surface area contributed by atoms with E-state index in [1.807, 2.05) is 24.3 Å². The van der Waals surface area contributed by atoms with Gasteiger partial charge in [0.15, 0.2) is 5.82 Å². The molecule has 1 aliphatic carbocycles. The van der Waals surface area contributed by atoms with Crippen molar-refractivity contribution in [1.82, 2.24) is 10.1 Å². The Morgan fingerprint density at radius 2 is 2.18 bits per heavy atom. The summed E-state index contributed by atoms with van der Waals surface area (Å²) in [5, 5.41) is 12.8. The van der Waals surface area contributed by atoms with E-state index in [1.165, 1.54) is 0 Å². The summed E-state index contributed by atoms with van der Waals surface area (Å²) in [6, 6.07) is 9.80. The minimum Gasteiger partial charge on any atom is -0.334 e. The molecule has 0 amide bonds. The molecule has 1 heterocycles. The number of nitrogens with zero attached hydrogens (tertiary/aromatic N) is 3. The van der Waals surface area contributed by atoms with Crippen molar-refractivity contribution in [2.75, 3.05) is 0 Å². The molecule has 1 saturated carbocycles. The van der Waals surface area contributed by atoms with E-state index in [-0.39, 0.29) is 0 Å². The zero-order chi connectivity index (χ0) is 11.7. The lowest BCUT2D eigenvalue weighted by atomic mass is 10.1. The second-order valence-electron chi connectivity index (χ2n) is 4.22. The van der Waals surface area contributed by atoms with E-state index in [2.05, 4.69) is 16.2 Å². The van der Waals surface area contributed by atoms with Crippen LogP contribution in [0.25, 0.3) is 11.5 Å². The van der Waals surface area contributed by atoms with Crippen molar-refractivity contribution < 1.29 is 4.52 Å². The van der Waals surface area contributed by atoms with Gasteiger partial charge in [-0.1, -0.05) is 23.4 Å². The van der Waals surface area contributed by atoms with Gasteiger partial charge in [0.2, 0.25) is 0 Å². The second kappa shape index (κ2) is 4.02. The standard InChI is InChI=1S/C13H11N3O/c14-8-7-9-3-1-2-4-11(9)13-15-12(16-17-13)10-5-6-10/h1-4,10H,5-7H2. The molecule has 0 N–H and O–H groups in total. The monoisotopic (exact) mass is 225 g/mol. The van der Waals surface area contributed by atoms with Crippen LogP contribution in [0.15, 0.2) is 28.8 Å². The maximum atomic E-state index is 8.78. The Labute approximate surface area is 98.9 Å². The number of benzene rings is 1. The van der Waals surface area contributed by atoms with E-state index in [0.29, 0.717) is 18.2 Å². The maximum Gasteiger partial charge on any atom is 0.258 e. The molecule has 0 atom stereocenters. The summed E-state index contributed by atoms with van der Waals surface area (Å²) in [6.07, 6.45) is 2.66. The minimum atomic E-state index is 0.358. The van der Waals surface area contributed by atoms with Crippen molar-refractivity contribution in [2.24, 2.45) is 0 Å². The lowest BCUT2D eigenvalue weighted by Crippen LogP contribution is -1.88. The summed E-state index contributed by atoms with van der Waals surface area (Å²) >= 11 is 0. The van der Waals surface area contributed by atoms with Crippen LogP contribution in [0.5, 0.6) is 0 Å². The summed E-state index contributed by atoms with van der Waals surface area (Å²) in [7, 11) is 0. The molecule has 4 nitrogen and oxygen atoms in total. The van der Waals surface area contributed by atoms with Gasteiger partial charge in [-0.15, -0.1) is 0 Å². The molecule has 0 spiro atoms. The number of aromatic nitrogens is 2. The first-order valence-electron chi connectivity index (χ1n) is 5.67. The quantitative estimate of drug-likeness (QED) is 0.805. The van der Waals surface area contributed by atoms with Gasteiger partial charge >= 0.3 is 0 Å². The lowest BCUT2D eigenvalue weighted by molar-refractivity contribution is 0.422. The van der Waals surface area contributed by atoms with Crippen LogP contribution < -0.4 is 0 Å². The molecule has 1 fully saturated rings. The van der Waals surface area contributed by atoms with E-state index < -0.39 is 0 Å². The van der Waals surface area contributed by atoms with Gasteiger partial charge in [0.1, 0.15) is 0 Å². The highest BCUT2D eigenvalue weighted by atomic mass is 16.5. The van der Waals surface area contributed by atoms with Crippen LogP contribution in [0.1, 0.15) is 30.1 Å². The van der Waals surface area contributed by atoms with Crippen LogP contribution >= 0.6 is 0 Å². The van der Waals surface area contributed by atoms with E-state index in [1.54, 1.807) is 0 Å². The predicted molar refractivity (Wildman–Crippen MR) is 61.0 cm³/mol. The third-order valence-corrected chi connectivity index (χ3v) is 2.90. The average molecular weight is 225 g/mol. The van der Waals surface area contributed by atoms with E-state index in [9.17, 15) is 0 Å². The van der Waals surface area contributed by atoms with Gasteiger partial charge in [0, 0.05) is 11.5 Å². The topological polar surface area (TPSA) is 62.7 Å². The largest absolute Gasteiger partial charge is 0.334 e. The van der Waals surface area contributed by atoms with Gasteiger partial charge in [-0.25, -0.2) is 0 Å². The molecule has 1 aromatic carbocycles. The smallest absolute Gasteiger partial charge is 0.258 e. The zero-order valence-corrected chi connectivity index (χ0v) is 9.26. The van der Waals surface area contributed by atoms with Crippen molar-refractivity contribution in [1.29, 1.82) is 5.26 Å². The molecule has 17 heavy (non-hydrogen) atoms. The maximum absolute atomic E-state index is 8.78. The van der Waals surface area contributed by atoms with Gasteiger partial charge in [-0.3, -0.25) is 0 Å². The molecule has 4 heteroatoms. The summed E-state index contributed by atoms with van der Waals surface area (Å²) in [6.45, 7) is 0. The molecule has 0 radical (unpaired) electrons. The molecule has 3 rings (SSSR count). The fourth-order valence-corrected chi connectivity index (χ4v) is 1.82. The Morgan fingerprint density at radius 1 is 1.35 bits per heavy atom. The second-order valence-corrected chi connectivity index (χ2v) is 4.22. The Morgan fingerprint density at radius 3 is 2.94 bits per heavy atom. The van der Waals surface area contributed by atoms with Crippen molar-refractivity contribution in [3.05, 3.63) is 35.7 Å². The van der Waals surface area contributed by atoms with Crippen LogP contribution in [0, 0.1) is 11.3 Å². The molecule has 0 bridgehead atoms. The first kappa shape index (κ1) is 10.0. The predicted octanol–water partition coefficient (Wildman–Crippen LogP) is 2.68. The highest BCUT2D eigenvalue weighted by Gasteiger charge is 2.29. The Bertz CT molecular complexity index is 578. The van der Waals surface area contributed by atoms with Gasteiger partial charge in [-0.2, -0.15) is 10.2 Å². The summed E-state index contributed by atoms with van der Waals surface area (Å²) in [5.41, 5.74) is 1.80. The first-order valence-corrected chi connectivity index (χ1v) is 5.67. The molecule has 0 unspecified atom stereocenters. The fourth-order valence-electron chi connectivity index (χ4n) is 1.82. The molecular weight excluding hydrogens is 214 g/mol. The van der Waals surface area contributed by atoms with Crippen molar-refractivity contribution in [2.45, 2.75) is 25.2 Å².